The average molecular weight is 402 g/mol. The normalized spacial score (nSPS) is 11.9. The third kappa shape index (κ3) is 6.42. The Morgan fingerprint density at radius 1 is 1.00 bits per heavy atom. The average Bonchev–Trinajstić information content (AvgIpc) is 3.08. The van der Waals surface area contributed by atoms with E-state index in [0.717, 1.165) is 5.56 Å². The van der Waals surface area contributed by atoms with Crippen molar-refractivity contribution in [2.24, 2.45) is 5.41 Å². The van der Waals surface area contributed by atoms with Gasteiger partial charge in [0.05, 0.1) is 26.4 Å². The lowest BCUT2D eigenvalue weighted by atomic mass is 9.81. The Morgan fingerprint density at radius 3 is 2.21 bits per heavy atom. The number of ether oxygens (including phenoxy) is 3. The van der Waals surface area contributed by atoms with E-state index in [1.165, 1.54) is 25.0 Å². The highest BCUT2D eigenvalue weighted by molar-refractivity contribution is 5.93. The van der Waals surface area contributed by atoms with Crippen LogP contribution in [-0.2, 0) is 27.4 Å². The second kappa shape index (κ2) is 9.22. The molecular weight excluding hydrogens is 372 g/mol. The topological polar surface area (TPSA) is 79.7 Å². The largest absolute Gasteiger partial charge is 0.464 e. The number of methoxy groups -OCH3 is 2. The van der Waals surface area contributed by atoms with E-state index < -0.39 is 17.5 Å². The zero-order valence-corrected chi connectivity index (χ0v) is 18.0. The molecule has 158 valence electrons. The number of hydrogen-bond donors (Lipinski definition) is 0. The highest BCUT2D eigenvalue weighted by Gasteiger charge is 2.32. The first-order chi connectivity index (χ1) is 13.6. The van der Waals surface area contributed by atoms with Gasteiger partial charge in [-0.3, -0.25) is 4.68 Å². The maximum Gasteiger partial charge on any atom is 0.358 e. The van der Waals surface area contributed by atoms with Crippen molar-refractivity contribution < 1.29 is 23.8 Å². The number of benzene rings is 1. The molecule has 0 aliphatic rings. The van der Waals surface area contributed by atoms with Crippen LogP contribution in [0.5, 0.6) is 0 Å². The lowest BCUT2D eigenvalue weighted by molar-refractivity contribution is -0.0591. The van der Waals surface area contributed by atoms with Gasteiger partial charge >= 0.3 is 11.9 Å². The number of carbonyl (C=O) groups excluding carboxylic acids is 2. The van der Waals surface area contributed by atoms with E-state index in [4.69, 9.17) is 14.2 Å². The van der Waals surface area contributed by atoms with Gasteiger partial charge in [-0.25, -0.2) is 9.59 Å². The minimum Gasteiger partial charge on any atom is -0.464 e. The van der Waals surface area contributed by atoms with Crippen molar-refractivity contribution in [1.29, 1.82) is 0 Å². The number of carbonyl (C=O) groups is 2. The highest BCUT2D eigenvalue weighted by Crippen LogP contribution is 2.33. The van der Waals surface area contributed by atoms with Crippen LogP contribution >= 0.6 is 0 Å². The van der Waals surface area contributed by atoms with E-state index >= 15 is 0 Å². The molecule has 29 heavy (non-hydrogen) atoms. The summed E-state index contributed by atoms with van der Waals surface area (Å²) in [6, 6.07) is 11.4. The van der Waals surface area contributed by atoms with Gasteiger partial charge in [-0.1, -0.05) is 44.2 Å². The first-order valence-corrected chi connectivity index (χ1v) is 9.49. The van der Waals surface area contributed by atoms with Gasteiger partial charge in [0.1, 0.15) is 5.69 Å². The van der Waals surface area contributed by atoms with Crippen LogP contribution in [0.3, 0.4) is 0 Å². The number of rotatable bonds is 9. The molecule has 2 rings (SSSR count). The summed E-state index contributed by atoms with van der Waals surface area (Å²) in [4.78, 5) is 24.0. The molecule has 1 heterocycles. The molecule has 2 aromatic rings. The molecule has 0 bridgehead atoms. The van der Waals surface area contributed by atoms with Gasteiger partial charge in [-0.15, -0.1) is 0 Å². The van der Waals surface area contributed by atoms with Crippen LogP contribution in [0.25, 0.3) is 0 Å². The van der Waals surface area contributed by atoms with Crippen molar-refractivity contribution in [1.82, 2.24) is 9.78 Å². The van der Waals surface area contributed by atoms with Gasteiger partial charge < -0.3 is 14.2 Å². The fraction of sp³-hybridized carbons (Fsp3) is 0.500. The summed E-state index contributed by atoms with van der Waals surface area (Å²) < 4.78 is 17.2. The van der Waals surface area contributed by atoms with Crippen LogP contribution in [0.4, 0.5) is 0 Å². The van der Waals surface area contributed by atoms with Crippen molar-refractivity contribution in [3.63, 3.8) is 0 Å². The third-order valence-corrected chi connectivity index (χ3v) is 4.52. The molecule has 7 nitrogen and oxygen atoms in total. The minimum atomic E-state index is -0.599. The Hall–Kier alpha value is -2.67. The van der Waals surface area contributed by atoms with E-state index in [2.05, 4.69) is 18.9 Å². The van der Waals surface area contributed by atoms with Gasteiger partial charge in [-0.2, -0.15) is 5.10 Å². The molecule has 0 aliphatic heterocycles. The van der Waals surface area contributed by atoms with Gasteiger partial charge in [0.15, 0.2) is 5.69 Å². The van der Waals surface area contributed by atoms with E-state index in [1.807, 2.05) is 44.2 Å². The summed E-state index contributed by atoms with van der Waals surface area (Å²) in [5.41, 5.74) is 0.722. The Balaban J connectivity index is 2.13. The van der Waals surface area contributed by atoms with Crippen molar-refractivity contribution in [2.75, 3.05) is 14.2 Å². The first kappa shape index (κ1) is 22.6. The number of hydrogen-bond acceptors (Lipinski definition) is 6. The second-order valence-corrected chi connectivity index (χ2v) is 8.43. The fourth-order valence-electron chi connectivity index (χ4n) is 3.53. The van der Waals surface area contributed by atoms with Gasteiger partial charge in [0.2, 0.25) is 0 Å². The zero-order valence-electron chi connectivity index (χ0n) is 18.0. The van der Waals surface area contributed by atoms with E-state index in [1.54, 1.807) is 0 Å². The van der Waals surface area contributed by atoms with Crippen LogP contribution in [0, 0.1) is 5.41 Å². The smallest absolute Gasteiger partial charge is 0.358 e. The molecule has 0 saturated carbocycles. The molecule has 7 heteroatoms. The fourth-order valence-corrected chi connectivity index (χ4v) is 3.53. The van der Waals surface area contributed by atoms with Crippen molar-refractivity contribution >= 4 is 11.9 Å². The molecule has 1 aromatic heterocycles. The molecular formula is C22H30N2O5. The lowest BCUT2D eigenvalue weighted by Gasteiger charge is -2.35. The molecule has 1 aromatic carbocycles. The van der Waals surface area contributed by atoms with Crippen LogP contribution < -0.4 is 0 Å². The van der Waals surface area contributed by atoms with Gasteiger partial charge in [0, 0.05) is 12.6 Å². The highest BCUT2D eigenvalue weighted by atomic mass is 16.5. The van der Waals surface area contributed by atoms with Crippen molar-refractivity contribution in [3.05, 3.63) is 53.3 Å². The standard InChI is InChI=1S/C22H30N2O5/c1-21(2,14-22(3,4)29-13-16-10-8-7-9-11-16)15-24-18(20(26)28-6)12-17(23-24)19(25)27-5/h7-12H,13-15H2,1-6H3. The number of nitrogens with zero attached hydrogens (tertiary/aromatic N) is 2. The van der Waals surface area contributed by atoms with E-state index in [-0.39, 0.29) is 16.8 Å². The summed E-state index contributed by atoms with van der Waals surface area (Å²) in [5.74, 6) is -1.15. The molecule has 0 unspecified atom stereocenters. The molecule has 0 aliphatic carbocycles. The lowest BCUT2D eigenvalue weighted by Crippen LogP contribution is -2.34. The molecule has 0 spiro atoms. The molecule has 0 N–H and O–H groups in total. The quantitative estimate of drug-likeness (QED) is 0.593. The maximum absolute atomic E-state index is 12.1. The van der Waals surface area contributed by atoms with Gasteiger partial charge in [-0.05, 0) is 31.2 Å². The predicted molar refractivity (Wildman–Crippen MR) is 109 cm³/mol. The van der Waals surface area contributed by atoms with Crippen LogP contribution in [0.2, 0.25) is 0 Å². The molecule has 0 amide bonds. The summed E-state index contributed by atoms with van der Waals surface area (Å²) >= 11 is 0. The molecule has 0 atom stereocenters. The summed E-state index contributed by atoms with van der Waals surface area (Å²) in [6.07, 6.45) is 0.709. The minimum absolute atomic E-state index is 0.0725. The predicted octanol–water partition coefficient (Wildman–Crippen LogP) is 3.87. The number of aromatic nitrogens is 2. The Morgan fingerprint density at radius 2 is 1.62 bits per heavy atom. The van der Waals surface area contributed by atoms with Crippen molar-refractivity contribution in [2.45, 2.75) is 52.9 Å². The first-order valence-electron chi connectivity index (χ1n) is 9.49. The zero-order chi connectivity index (χ0) is 21.7. The van der Waals surface area contributed by atoms with Crippen LogP contribution in [0.1, 0.15) is 60.7 Å². The number of esters is 2. The van der Waals surface area contributed by atoms with Crippen LogP contribution in [0.15, 0.2) is 36.4 Å². The van der Waals surface area contributed by atoms with E-state index in [9.17, 15) is 9.59 Å². The van der Waals surface area contributed by atoms with E-state index in [0.29, 0.717) is 19.6 Å². The molecule has 0 fully saturated rings. The second-order valence-electron chi connectivity index (χ2n) is 8.43. The van der Waals surface area contributed by atoms with Crippen LogP contribution in [-0.4, -0.2) is 41.5 Å². The monoisotopic (exact) mass is 402 g/mol. The molecule has 0 saturated heterocycles. The summed E-state index contributed by atoms with van der Waals surface area (Å²) in [5, 5.41) is 4.26. The SMILES string of the molecule is COC(=O)c1cc(C(=O)OC)n(CC(C)(C)CC(C)(C)OCc2ccccc2)n1. The third-order valence-electron chi connectivity index (χ3n) is 4.52. The Labute approximate surface area is 172 Å². The Kier molecular flexibility index (Phi) is 7.19. The summed E-state index contributed by atoms with van der Waals surface area (Å²) in [7, 11) is 2.57. The molecule has 0 radical (unpaired) electrons. The van der Waals surface area contributed by atoms with Crippen molar-refractivity contribution in [3.8, 4) is 0 Å². The summed E-state index contributed by atoms with van der Waals surface area (Å²) in [6.45, 7) is 9.16. The van der Waals surface area contributed by atoms with Gasteiger partial charge in [0.25, 0.3) is 0 Å². The Bertz CT molecular complexity index is 840. The maximum atomic E-state index is 12.1.